The summed E-state index contributed by atoms with van der Waals surface area (Å²) in [5.41, 5.74) is -0.243. The fourth-order valence-electron chi connectivity index (χ4n) is 4.05. The highest BCUT2D eigenvalue weighted by molar-refractivity contribution is 7.96. The molecule has 2 atom stereocenters. The first-order valence-corrected chi connectivity index (χ1v) is 13.4. The van der Waals surface area contributed by atoms with Crippen LogP contribution in [0.3, 0.4) is 0 Å². The molecule has 0 radical (unpaired) electrons. The van der Waals surface area contributed by atoms with Crippen molar-refractivity contribution in [3.63, 3.8) is 0 Å². The third-order valence-electron chi connectivity index (χ3n) is 5.80. The molecule has 8 nitrogen and oxygen atoms in total. The Kier molecular flexibility index (Phi) is 7.82. The second-order valence-corrected chi connectivity index (χ2v) is 12.5. The molecule has 0 aliphatic carbocycles. The van der Waals surface area contributed by atoms with E-state index in [-0.39, 0.29) is 21.9 Å². The minimum absolute atomic E-state index is 0.0250. The Hall–Kier alpha value is -1.36. The summed E-state index contributed by atoms with van der Waals surface area (Å²) in [6.45, 7) is 10.4. The average molecular weight is 463 g/mol. The van der Waals surface area contributed by atoms with Gasteiger partial charge in [-0.2, -0.15) is 0 Å². The van der Waals surface area contributed by atoms with Crippen molar-refractivity contribution in [3.05, 3.63) is 18.2 Å². The van der Waals surface area contributed by atoms with Crippen LogP contribution in [0.4, 0.5) is 0 Å². The first-order chi connectivity index (χ1) is 13.9. The van der Waals surface area contributed by atoms with Gasteiger partial charge in [-0.15, -0.1) is 0 Å². The van der Waals surface area contributed by atoms with Gasteiger partial charge in [-0.3, -0.25) is 4.90 Å². The summed E-state index contributed by atoms with van der Waals surface area (Å²) in [6, 6.07) is 3.65. The van der Waals surface area contributed by atoms with Crippen molar-refractivity contribution < 1.29 is 26.3 Å². The minimum atomic E-state index is -3.91. The van der Waals surface area contributed by atoms with Crippen molar-refractivity contribution in [2.45, 2.75) is 49.4 Å². The predicted molar refractivity (Wildman–Crippen MR) is 118 cm³/mol. The van der Waals surface area contributed by atoms with Gasteiger partial charge in [0.05, 0.1) is 35.9 Å². The lowest BCUT2D eigenvalue weighted by Crippen LogP contribution is -2.54. The van der Waals surface area contributed by atoms with Gasteiger partial charge in [0, 0.05) is 24.2 Å². The lowest BCUT2D eigenvalue weighted by atomic mass is 10.0. The Morgan fingerprint density at radius 2 is 1.70 bits per heavy atom. The van der Waals surface area contributed by atoms with Gasteiger partial charge in [0.2, 0.25) is 0 Å². The summed E-state index contributed by atoms with van der Waals surface area (Å²) in [6.07, 6.45) is 0. The van der Waals surface area contributed by atoms with E-state index in [0.29, 0.717) is 12.3 Å². The standard InChI is InChI=1S/C20H34N2O6S2/c1-7-22(8-2)20(3,4)14-21-16-12-29(23,24)13-19(16)30(25,26)15-9-10-17(27-5)18(11-15)28-6/h9-11,16,19,21H,7-8,12-14H2,1-6H3/t16-,19-/m0/s1. The zero-order valence-electron chi connectivity index (χ0n) is 18.6. The highest BCUT2D eigenvalue weighted by Crippen LogP contribution is 2.33. The van der Waals surface area contributed by atoms with Gasteiger partial charge in [0.1, 0.15) is 0 Å². The third-order valence-corrected chi connectivity index (χ3v) is 9.95. The molecule has 0 aromatic heterocycles. The van der Waals surface area contributed by atoms with Crippen LogP contribution in [0.25, 0.3) is 0 Å². The van der Waals surface area contributed by atoms with Crippen molar-refractivity contribution in [2.24, 2.45) is 0 Å². The number of methoxy groups -OCH3 is 2. The van der Waals surface area contributed by atoms with Gasteiger partial charge in [-0.05, 0) is 39.1 Å². The molecule has 1 heterocycles. The number of hydrogen-bond acceptors (Lipinski definition) is 8. The highest BCUT2D eigenvalue weighted by Gasteiger charge is 2.46. The lowest BCUT2D eigenvalue weighted by Gasteiger charge is -2.38. The quantitative estimate of drug-likeness (QED) is 0.556. The molecule has 0 spiro atoms. The summed E-state index contributed by atoms with van der Waals surface area (Å²) in [4.78, 5) is 2.28. The van der Waals surface area contributed by atoms with Crippen LogP contribution in [0.1, 0.15) is 27.7 Å². The average Bonchev–Trinajstić information content (AvgIpc) is 3.02. The molecule has 0 amide bonds. The van der Waals surface area contributed by atoms with Gasteiger partial charge in [-0.25, -0.2) is 16.8 Å². The second-order valence-electron chi connectivity index (χ2n) is 8.15. The van der Waals surface area contributed by atoms with Gasteiger partial charge >= 0.3 is 0 Å². The Bertz CT molecular complexity index is 940. The number of rotatable bonds is 10. The van der Waals surface area contributed by atoms with Crippen LogP contribution in [-0.4, -0.2) is 83.9 Å². The molecule has 172 valence electrons. The van der Waals surface area contributed by atoms with Gasteiger partial charge in [-0.1, -0.05) is 13.8 Å². The topological polar surface area (TPSA) is 102 Å². The summed E-state index contributed by atoms with van der Waals surface area (Å²) in [5, 5.41) is 2.19. The molecule has 1 aromatic carbocycles. The maximum Gasteiger partial charge on any atom is 0.183 e. The van der Waals surface area contributed by atoms with Crippen LogP contribution in [0.15, 0.2) is 23.1 Å². The van der Waals surface area contributed by atoms with E-state index >= 15 is 0 Å². The monoisotopic (exact) mass is 462 g/mol. The molecule has 1 fully saturated rings. The van der Waals surface area contributed by atoms with Crippen LogP contribution < -0.4 is 14.8 Å². The number of hydrogen-bond donors (Lipinski definition) is 1. The molecule has 1 N–H and O–H groups in total. The Labute approximate surface area is 180 Å². The van der Waals surface area contributed by atoms with E-state index in [1.165, 1.54) is 32.4 Å². The SMILES string of the molecule is CCN(CC)C(C)(C)CN[C@H]1CS(=O)(=O)C[C@@H]1S(=O)(=O)c1ccc(OC)c(OC)c1. The van der Waals surface area contributed by atoms with E-state index in [9.17, 15) is 16.8 Å². The maximum atomic E-state index is 13.4. The first kappa shape index (κ1) is 24.9. The molecule has 0 unspecified atom stereocenters. The molecule has 1 saturated heterocycles. The van der Waals surface area contributed by atoms with E-state index in [1.54, 1.807) is 0 Å². The van der Waals surface area contributed by atoms with E-state index in [2.05, 4.69) is 37.9 Å². The molecule has 1 aromatic rings. The molecule has 2 rings (SSSR count). The number of sulfone groups is 2. The zero-order chi connectivity index (χ0) is 22.7. The molecule has 30 heavy (non-hydrogen) atoms. The highest BCUT2D eigenvalue weighted by atomic mass is 32.2. The van der Waals surface area contributed by atoms with Crippen molar-refractivity contribution in [1.82, 2.24) is 10.2 Å². The Morgan fingerprint density at radius 1 is 1.10 bits per heavy atom. The van der Waals surface area contributed by atoms with Crippen molar-refractivity contribution >= 4 is 19.7 Å². The number of ether oxygens (including phenoxy) is 2. The van der Waals surface area contributed by atoms with E-state index in [1.807, 2.05) is 0 Å². The van der Waals surface area contributed by atoms with Crippen LogP contribution in [0, 0.1) is 0 Å². The van der Waals surface area contributed by atoms with E-state index in [0.717, 1.165) is 13.1 Å². The number of benzene rings is 1. The summed E-state index contributed by atoms with van der Waals surface area (Å²) in [5.74, 6) is 0.101. The first-order valence-electron chi connectivity index (χ1n) is 10.1. The molecule has 10 heteroatoms. The second kappa shape index (κ2) is 9.42. The summed E-state index contributed by atoms with van der Waals surface area (Å²) < 4.78 is 61.8. The van der Waals surface area contributed by atoms with Crippen LogP contribution >= 0.6 is 0 Å². The van der Waals surface area contributed by atoms with E-state index in [4.69, 9.17) is 9.47 Å². The van der Waals surface area contributed by atoms with Crippen LogP contribution in [0.5, 0.6) is 11.5 Å². The maximum absolute atomic E-state index is 13.4. The third kappa shape index (κ3) is 5.27. The number of nitrogens with one attached hydrogen (secondary N) is 1. The van der Waals surface area contributed by atoms with Crippen LogP contribution in [0.2, 0.25) is 0 Å². The normalized spacial score (nSPS) is 21.7. The molecule has 0 bridgehead atoms. The summed E-state index contributed by atoms with van der Waals surface area (Å²) >= 11 is 0. The Balaban J connectivity index is 2.33. The smallest absolute Gasteiger partial charge is 0.183 e. The molecular weight excluding hydrogens is 428 g/mol. The van der Waals surface area contributed by atoms with Crippen molar-refractivity contribution in [1.29, 1.82) is 0 Å². The molecule has 1 aliphatic rings. The van der Waals surface area contributed by atoms with Gasteiger partial charge in [0.15, 0.2) is 31.2 Å². The minimum Gasteiger partial charge on any atom is -0.493 e. The van der Waals surface area contributed by atoms with Crippen molar-refractivity contribution in [2.75, 3.05) is 45.4 Å². The molecule has 1 aliphatic heterocycles. The van der Waals surface area contributed by atoms with Gasteiger partial charge < -0.3 is 14.8 Å². The predicted octanol–water partition coefficient (Wildman–Crippen LogP) is 1.35. The molecule has 0 saturated carbocycles. The fourth-order valence-corrected chi connectivity index (χ4v) is 8.78. The van der Waals surface area contributed by atoms with Crippen molar-refractivity contribution in [3.8, 4) is 11.5 Å². The van der Waals surface area contributed by atoms with E-state index < -0.39 is 36.7 Å². The largest absolute Gasteiger partial charge is 0.493 e. The summed E-state index contributed by atoms with van der Waals surface area (Å²) in [7, 11) is -4.49. The Morgan fingerprint density at radius 3 is 2.23 bits per heavy atom. The van der Waals surface area contributed by atoms with Crippen LogP contribution in [-0.2, 0) is 19.7 Å². The lowest BCUT2D eigenvalue weighted by molar-refractivity contribution is 0.130. The molecular formula is C20H34N2O6S2. The zero-order valence-corrected chi connectivity index (χ0v) is 20.3. The number of nitrogens with zero attached hydrogens (tertiary/aromatic N) is 1. The fraction of sp³-hybridized carbons (Fsp3) is 0.700. The number of likely N-dealkylation sites (N-methyl/N-ethyl adjacent to an activating group) is 1. The van der Waals surface area contributed by atoms with Gasteiger partial charge in [0.25, 0.3) is 0 Å².